The summed E-state index contributed by atoms with van der Waals surface area (Å²) < 4.78 is 7.25. The molecule has 2 heterocycles. The quantitative estimate of drug-likeness (QED) is 0.428. The SMILES string of the molecule is COc1ccc(CN=C(NCc2nnc(C)n2C)NC2CCCN(c3ccccc3)C2)cc1. The maximum absolute atomic E-state index is 5.26. The number of ether oxygens (including phenoxy) is 1. The van der Waals surface area contributed by atoms with Crippen LogP contribution in [0.15, 0.2) is 59.6 Å². The van der Waals surface area contributed by atoms with E-state index in [4.69, 9.17) is 9.73 Å². The van der Waals surface area contributed by atoms with E-state index in [9.17, 15) is 0 Å². The minimum Gasteiger partial charge on any atom is -0.497 e. The summed E-state index contributed by atoms with van der Waals surface area (Å²) in [6, 6.07) is 18.9. The van der Waals surface area contributed by atoms with Crippen LogP contribution >= 0.6 is 0 Å². The standard InChI is InChI=1S/C25H33N7O/c1-19-29-30-24(31(19)2)17-27-25(26-16-20-11-13-23(33-3)14-12-20)28-21-8-7-15-32(18-21)22-9-5-4-6-10-22/h4-6,9-14,21H,7-8,15-18H2,1-3H3,(H2,26,27,28). The summed E-state index contributed by atoms with van der Waals surface area (Å²) in [5.41, 5.74) is 2.39. The fourth-order valence-corrected chi connectivity index (χ4v) is 3.98. The Kier molecular flexibility index (Phi) is 7.44. The first-order chi connectivity index (χ1) is 16.1. The van der Waals surface area contributed by atoms with Gasteiger partial charge in [0.05, 0.1) is 20.2 Å². The molecule has 174 valence electrons. The molecule has 0 aliphatic carbocycles. The molecule has 8 heteroatoms. The zero-order valence-electron chi connectivity index (χ0n) is 19.7. The molecule has 2 N–H and O–H groups in total. The summed E-state index contributed by atoms with van der Waals surface area (Å²) in [5, 5.41) is 15.5. The van der Waals surface area contributed by atoms with Crippen LogP contribution in [0.25, 0.3) is 0 Å². The lowest BCUT2D eigenvalue weighted by atomic mass is 10.1. The highest BCUT2D eigenvalue weighted by atomic mass is 16.5. The van der Waals surface area contributed by atoms with E-state index in [0.29, 0.717) is 19.1 Å². The number of nitrogens with one attached hydrogen (secondary N) is 2. The number of guanidine groups is 1. The number of hydrogen-bond acceptors (Lipinski definition) is 5. The number of rotatable bonds is 7. The lowest BCUT2D eigenvalue weighted by molar-refractivity contribution is 0.414. The average molecular weight is 448 g/mol. The molecule has 33 heavy (non-hydrogen) atoms. The normalized spacial score (nSPS) is 16.5. The van der Waals surface area contributed by atoms with E-state index < -0.39 is 0 Å². The van der Waals surface area contributed by atoms with Gasteiger partial charge in [0, 0.05) is 31.9 Å². The largest absolute Gasteiger partial charge is 0.497 e. The van der Waals surface area contributed by atoms with Crippen molar-refractivity contribution in [3.8, 4) is 5.75 Å². The maximum atomic E-state index is 5.26. The highest BCUT2D eigenvalue weighted by Crippen LogP contribution is 2.19. The number of aryl methyl sites for hydroxylation is 1. The third kappa shape index (κ3) is 6.03. The van der Waals surface area contributed by atoms with Crippen LogP contribution in [0.1, 0.15) is 30.1 Å². The van der Waals surface area contributed by atoms with Gasteiger partial charge in [-0.25, -0.2) is 4.99 Å². The number of anilines is 1. The minimum absolute atomic E-state index is 0.308. The number of para-hydroxylation sites is 1. The number of aromatic nitrogens is 3. The van der Waals surface area contributed by atoms with Gasteiger partial charge >= 0.3 is 0 Å². The van der Waals surface area contributed by atoms with E-state index in [0.717, 1.165) is 54.9 Å². The van der Waals surface area contributed by atoms with Gasteiger partial charge < -0.3 is 24.8 Å². The van der Waals surface area contributed by atoms with Gasteiger partial charge in [-0.15, -0.1) is 10.2 Å². The molecule has 2 aromatic carbocycles. The predicted molar refractivity (Wildman–Crippen MR) is 132 cm³/mol. The van der Waals surface area contributed by atoms with Gasteiger partial charge in [0.1, 0.15) is 11.6 Å². The number of piperidine rings is 1. The molecule has 8 nitrogen and oxygen atoms in total. The summed E-state index contributed by atoms with van der Waals surface area (Å²) >= 11 is 0. The van der Waals surface area contributed by atoms with Gasteiger partial charge in [-0.1, -0.05) is 30.3 Å². The second kappa shape index (κ2) is 10.8. The average Bonchev–Trinajstić information content (AvgIpc) is 3.19. The maximum Gasteiger partial charge on any atom is 0.192 e. The molecule has 0 amide bonds. The number of benzene rings is 2. The Labute approximate surface area is 195 Å². The Morgan fingerprint density at radius 1 is 1.12 bits per heavy atom. The van der Waals surface area contributed by atoms with E-state index in [1.54, 1.807) is 7.11 Å². The van der Waals surface area contributed by atoms with Crippen molar-refractivity contribution in [2.45, 2.75) is 38.9 Å². The lowest BCUT2D eigenvalue weighted by Gasteiger charge is -2.35. The van der Waals surface area contributed by atoms with Crippen molar-refractivity contribution in [1.82, 2.24) is 25.4 Å². The van der Waals surface area contributed by atoms with Crippen LogP contribution in [0.4, 0.5) is 5.69 Å². The monoisotopic (exact) mass is 447 g/mol. The summed E-state index contributed by atoms with van der Waals surface area (Å²) in [5.74, 6) is 3.40. The molecule has 1 aliphatic heterocycles. The van der Waals surface area contributed by atoms with Crippen molar-refractivity contribution >= 4 is 11.6 Å². The van der Waals surface area contributed by atoms with Crippen molar-refractivity contribution in [3.05, 3.63) is 71.8 Å². The topological polar surface area (TPSA) is 79.6 Å². The fourth-order valence-electron chi connectivity index (χ4n) is 3.98. The number of aliphatic imine (C=N–C) groups is 1. The van der Waals surface area contributed by atoms with Gasteiger partial charge in [0.25, 0.3) is 0 Å². The number of hydrogen-bond donors (Lipinski definition) is 2. The van der Waals surface area contributed by atoms with Crippen molar-refractivity contribution in [3.63, 3.8) is 0 Å². The van der Waals surface area contributed by atoms with Gasteiger partial charge in [-0.3, -0.25) is 0 Å². The van der Waals surface area contributed by atoms with Crippen molar-refractivity contribution in [2.24, 2.45) is 12.0 Å². The third-order valence-electron chi connectivity index (χ3n) is 6.06. The Balaban J connectivity index is 1.45. The first-order valence-electron chi connectivity index (χ1n) is 11.4. The van der Waals surface area contributed by atoms with Crippen LogP contribution in [-0.2, 0) is 20.1 Å². The Morgan fingerprint density at radius 3 is 2.61 bits per heavy atom. The van der Waals surface area contributed by atoms with Crippen LogP contribution in [0.3, 0.4) is 0 Å². The minimum atomic E-state index is 0.308. The molecule has 1 saturated heterocycles. The summed E-state index contributed by atoms with van der Waals surface area (Å²) in [6.07, 6.45) is 2.25. The van der Waals surface area contributed by atoms with Gasteiger partial charge in [-0.05, 0) is 49.6 Å². The summed E-state index contributed by atoms with van der Waals surface area (Å²) in [7, 11) is 3.66. The highest BCUT2D eigenvalue weighted by Gasteiger charge is 2.21. The summed E-state index contributed by atoms with van der Waals surface area (Å²) in [4.78, 5) is 7.31. The molecule has 1 aromatic heterocycles. The second-order valence-corrected chi connectivity index (χ2v) is 8.35. The van der Waals surface area contributed by atoms with E-state index in [2.05, 4.69) is 56.1 Å². The number of nitrogens with zero attached hydrogens (tertiary/aromatic N) is 5. The molecule has 0 spiro atoms. The molecule has 4 rings (SSSR count). The second-order valence-electron chi connectivity index (χ2n) is 8.35. The fraction of sp³-hybridized carbons (Fsp3) is 0.400. The van der Waals surface area contributed by atoms with Crippen LogP contribution in [-0.4, -0.2) is 47.0 Å². The van der Waals surface area contributed by atoms with Crippen molar-refractivity contribution < 1.29 is 4.74 Å². The van der Waals surface area contributed by atoms with Crippen LogP contribution in [0.2, 0.25) is 0 Å². The molecule has 0 bridgehead atoms. The smallest absolute Gasteiger partial charge is 0.192 e. The molecular weight excluding hydrogens is 414 g/mol. The zero-order chi connectivity index (χ0) is 23.0. The molecule has 0 radical (unpaired) electrons. The molecular formula is C25H33N7O. The van der Waals surface area contributed by atoms with E-state index in [1.807, 2.05) is 42.8 Å². The summed E-state index contributed by atoms with van der Waals surface area (Å²) in [6.45, 7) is 5.10. The Bertz CT molecular complexity index is 1050. The van der Waals surface area contributed by atoms with E-state index in [-0.39, 0.29) is 0 Å². The van der Waals surface area contributed by atoms with Crippen molar-refractivity contribution in [1.29, 1.82) is 0 Å². The van der Waals surface area contributed by atoms with Gasteiger partial charge in [0.15, 0.2) is 11.8 Å². The molecule has 1 atom stereocenters. The van der Waals surface area contributed by atoms with E-state index >= 15 is 0 Å². The van der Waals surface area contributed by atoms with Crippen molar-refractivity contribution in [2.75, 3.05) is 25.1 Å². The molecule has 1 fully saturated rings. The Hall–Kier alpha value is -3.55. The zero-order valence-corrected chi connectivity index (χ0v) is 19.7. The Morgan fingerprint density at radius 2 is 1.91 bits per heavy atom. The first kappa shape index (κ1) is 22.6. The van der Waals surface area contributed by atoms with Gasteiger partial charge in [0.2, 0.25) is 0 Å². The van der Waals surface area contributed by atoms with Crippen LogP contribution in [0, 0.1) is 6.92 Å². The first-order valence-corrected chi connectivity index (χ1v) is 11.4. The third-order valence-corrected chi connectivity index (χ3v) is 6.06. The molecule has 1 unspecified atom stereocenters. The van der Waals surface area contributed by atoms with E-state index in [1.165, 1.54) is 5.69 Å². The highest BCUT2D eigenvalue weighted by molar-refractivity contribution is 5.80. The molecule has 0 saturated carbocycles. The molecule has 1 aliphatic rings. The predicted octanol–water partition coefficient (Wildman–Crippen LogP) is 3.04. The number of methoxy groups -OCH3 is 1. The van der Waals surface area contributed by atoms with Gasteiger partial charge in [-0.2, -0.15) is 0 Å². The van der Waals surface area contributed by atoms with Crippen LogP contribution < -0.4 is 20.3 Å². The lowest BCUT2D eigenvalue weighted by Crippen LogP contribution is -2.51. The van der Waals surface area contributed by atoms with Crippen LogP contribution in [0.5, 0.6) is 5.75 Å². The molecule has 3 aromatic rings.